The Labute approximate surface area is 192 Å². The lowest BCUT2D eigenvalue weighted by Gasteiger charge is -2.28. The molecule has 1 fully saturated rings. The Kier molecular flexibility index (Phi) is 9.23. The quantitative estimate of drug-likeness (QED) is 0.302. The van der Waals surface area contributed by atoms with E-state index in [1.165, 1.54) is 37.7 Å². The van der Waals surface area contributed by atoms with Crippen LogP contribution in [0.15, 0.2) is 73.8 Å². The van der Waals surface area contributed by atoms with Gasteiger partial charge in [0.1, 0.15) is 0 Å². The molecule has 0 amide bonds. The number of halogens is 2. The Morgan fingerprint density at radius 2 is 1.41 bits per heavy atom. The zero-order valence-electron chi connectivity index (χ0n) is 19.1. The SMILES string of the molecule is C=CCCc1ccc(CC(F)(F)OCc2ccc(C3CCC(CCC=C)CC3)cc2)cc1. The molecular weight excluding hydrogens is 402 g/mol. The maximum Gasteiger partial charge on any atom is 0.360 e. The zero-order valence-corrected chi connectivity index (χ0v) is 19.1. The van der Waals surface area contributed by atoms with Crippen LogP contribution >= 0.6 is 0 Å². The molecule has 0 saturated heterocycles. The van der Waals surface area contributed by atoms with E-state index in [1.54, 1.807) is 12.1 Å². The Bertz CT molecular complexity index is 830. The molecule has 0 unspecified atom stereocenters. The van der Waals surface area contributed by atoms with Crippen molar-refractivity contribution in [3.05, 3.63) is 96.1 Å². The first-order chi connectivity index (χ1) is 15.5. The van der Waals surface area contributed by atoms with Crippen molar-refractivity contribution in [3.63, 3.8) is 0 Å². The summed E-state index contributed by atoms with van der Waals surface area (Å²) in [6, 6.07) is 15.4. The molecule has 0 aromatic heterocycles. The summed E-state index contributed by atoms with van der Waals surface area (Å²) in [6.07, 6.45) is 9.34. The normalized spacial score (nSPS) is 18.9. The summed E-state index contributed by atoms with van der Waals surface area (Å²) in [6.45, 7) is 7.44. The summed E-state index contributed by atoms with van der Waals surface area (Å²) in [5.41, 5.74) is 3.81. The van der Waals surface area contributed by atoms with Gasteiger partial charge in [0, 0.05) is 0 Å². The molecule has 2 aromatic rings. The Morgan fingerprint density at radius 3 is 2.03 bits per heavy atom. The lowest BCUT2D eigenvalue weighted by molar-refractivity contribution is -0.244. The third-order valence-corrected chi connectivity index (χ3v) is 6.60. The number of alkyl halides is 2. The first-order valence-electron chi connectivity index (χ1n) is 11.9. The minimum Gasteiger partial charge on any atom is -0.315 e. The minimum atomic E-state index is -3.19. The molecule has 0 aliphatic heterocycles. The molecule has 0 atom stereocenters. The number of rotatable bonds is 12. The molecule has 0 N–H and O–H groups in total. The number of hydrogen-bond donors (Lipinski definition) is 0. The molecule has 3 heteroatoms. The second-order valence-corrected chi connectivity index (χ2v) is 9.07. The molecule has 1 aliphatic rings. The van der Waals surface area contributed by atoms with Crippen molar-refractivity contribution < 1.29 is 13.5 Å². The molecule has 172 valence electrons. The van der Waals surface area contributed by atoms with E-state index in [2.05, 4.69) is 25.3 Å². The maximum absolute atomic E-state index is 14.4. The van der Waals surface area contributed by atoms with Crippen LogP contribution in [-0.2, 0) is 24.2 Å². The van der Waals surface area contributed by atoms with E-state index in [0.717, 1.165) is 36.3 Å². The van der Waals surface area contributed by atoms with Crippen LogP contribution in [0.5, 0.6) is 0 Å². The number of allylic oxidation sites excluding steroid dienone is 2. The van der Waals surface area contributed by atoms with Gasteiger partial charge < -0.3 is 4.74 Å². The standard InChI is InChI=1S/C29H36F2O/c1-3-5-7-23-9-11-25(12-10-23)21-29(30,31)32-22-26-15-19-28(20-16-26)27-17-13-24(14-18-27)8-6-4-2/h3-4,9-12,15-16,19-20,24,27H,1-2,5-8,13-14,17-18,21-22H2. The van der Waals surface area contributed by atoms with Crippen LogP contribution < -0.4 is 0 Å². The van der Waals surface area contributed by atoms with Crippen molar-refractivity contribution in [1.29, 1.82) is 0 Å². The van der Waals surface area contributed by atoms with Gasteiger partial charge in [0.2, 0.25) is 0 Å². The molecule has 2 aromatic carbocycles. The minimum absolute atomic E-state index is 0.0843. The van der Waals surface area contributed by atoms with E-state index < -0.39 is 12.5 Å². The predicted octanol–water partition coefficient (Wildman–Crippen LogP) is 8.40. The Hall–Kier alpha value is -2.26. The van der Waals surface area contributed by atoms with Gasteiger partial charge in [-0.1, -0.05) is 60.7 Å². The highest BCUT2D eigenvalue weighted by Gasteiger charge is 2.30. The number of benzene rings is 2. The molecule has 1 saturated carbocycles. The summed E-state index contributed by atoms with van der Waals surface area (Å²) < 4.78 is 33.7. The molecular formula is C29H36F2O. The van der Waals surface area contributed by atoms with Crippen LogP contribution in [0.3, 0.4) is 0 Å². The van der Waals surface area contributed by atoms with E-state index in [9.17, 15) is 8.78 Å². The van der Waals surface area contributed by atoms with Crippen LogP contribution in [0.1, 0.15) is 73.1 Å². The predicted molar refractivity (Wildman–Crippen MR) is 129 cm³/mol. The first kappa shape index (κ1) is 24.4. The van der Waals surface area contributed by atoms with E-state index >= 15 is 0 Å². The average Bonchev–Trinajstić information content (AvgIpc) is 2.81. The van der Waals surface area contributed by atoms with Gasteiger partial charge in [0.15, 0.2) is 0 Å². The van der Waals surface area contributed by atoms with E-state index in [1.807, 2.05) is 36.4 Å². The largest absolute Gasteiger partial charge is 0.360 e. The maximum atomic E-state index is 14.4. The second-order valence-electron chi connectivity index (χ2n) is 9.07. The first-order valence-corrected chi connectivity index (χ1v) is 11.9. The van der Waals surface area contributed by atoms with Gasteiger partial charge in [-0.05, 0) is 85.5 Å². The summed E-state index contributed by atoms with van der Waals surface area (Å²) in [7, 11) is 0. The lowest BCUT2D eigenvalue weighted by Crippen LogP contribution is -2.23. The third kappa shape index (κ3) is 7.70. The van der Waals surface area contributed by atoms with Crippen LogP contribution in [0.4, 0.5) is 8.78 Å². The zero-order chi connectivity index (χ0) is 22.8. The fraction of sp³-hybridized carbons (Fsp3) is 0.448. The molecule has 1 aliphatic carbocycles. The highest BCUT2D eigenvalue weighted by Crippen LogP contribution is 2.37. The summed E-state index contributed by atoms with van der Waals surface area (Å²) >= 11 is 0. The average molecular weight is 439 g/mol. The third-order valence-electron chi connectivity index (χ3n) is 6.60. The van der Waals surface area contributed by atoms with Gasteiger partial charge in [-0.2, -0.15) is 8.78 Å². The van der Waals surface area contributed by atoms with Crippen molar-refractivity contribution >= 4 is 0 Å². The number of ether oxygens (including phenoxy) is 1. The second kappa shape index (κ2) is 12.1. The van der Waals surface area contributed by atoms with Crippen molar-refractivity contribution in [3.8, 4) is 0 Å². The molecule has 3 rings (SSSR count). The fourth-order valence-electron chi connectivity index (χ4n) is 4.59. The van der Waals surface area contributed by atoms with Crippen LogP contribution in [0.25, 0.3) is 0 Å². The molecule has 0 spiro atoms. The van der Waals surface area contributed by atoms with Crippen LogP contribution in [0, 0.1) is 5.92 Å². The smallest absolute Gasteiger partial charge is 0.315 e. The van der Waals surface area contributed by atoms with Gasteiger partial charge in [0.25, 0.3) is 0 Å². The van der Waals surface area contributed by atoms with Crippen molar-refractivity contribution in [1.82, 2.24) is 0 Å². The van der Waals surface area contributed by atoms with Crippen molar-refractivity contribution in [2.24, 2.45) is 5.92 Å². The van der Waals surface area contributed by atoms with Crippen molar-refractivity contribution in [2.75, 3.05) is 0 Å². The highest BCUT2D eigenvalue weighted by atomic mass is 19.3. The molecule has 0 bridgehead atoms. The van der Waals surface area contributed by atoms with Gasteiger partial charge in [-0.25, -0.2) is 0 Å². The van der Waals surface area contributed by atoms with E-state index in [0.29, 0.717) is 11.5 Å². The Morgan fingerprint density at radius 1 is 0.812 bits per heavy atom. The topological polar surface area (TPSA) is 9.23 Å². The lowest BCUT2D eigenvalue weighted by atomic mass is 9.77. The number of hydrogen-bond acceptors (Lipinski definition) is 1. The van der Waals surface area contributed by atoms with Crippen LogP contribution in [-0.4, -0.2) is 6.11 Å². The highest BCUT2D eigenvalue weighted by molar-refractivity contribution is 5.26. The number of aryl methyl sites for hydroxylation is 1. The Balaban J connectivity index is 1.46. The fourth-order valence-corrected chi connectivity index (χ4v) is 4.59. The van der Waals surface area contributed by atoms with Gasteiger partial charge >= 0.3 is 6.11 Å². The summed E-state index contributed by atoms with van der Waals surface area (Å²) in [4.78, 5) is 0. The monoisotopic (exact) mass is 438 g/mol. The molecule has 0 radical (unpaired) electrons. The van der Waals surface area contributed by atoms with Crippen LogP contribution in [0.2, 0.25) is 0 Å². The van der Waals surface area contributed by atoms with Crippen molar-refractivity contribution in [2.45, 2.75) is 76.4 Å². The van der Waals surface area contributed by atoms with Gasteiger partial charge in [-0.3, -0.25) is 0 Å². The van der Waals surface area contributed by atoms with Gasteiger partial charge in [-0.15, -0.1) is 13.2 Å². The van der Waals surface area contributed by atoms with Gasteiger partial charge in [0.05, 0.1) is 13.0 Å². The molecule has 32 heavy (non-hydrogen) atoms. The molecule has 1 nitrogen and oxygen atoms in total. The summed E-state index contributed by atoms with van der Waals surface area (Å²) in [5, 5.41) is 0. The van der Waals surface area contributed by atoms with E-state index in [4.69, 9.17) is 4.74 Å². The molecule has 0 heterocycles. The van der Waals surface area contributed by atoms with E-state index in [-0.39, 0.29) is 6.61 Å². The summed E-state index contributed by atoms with van der Waals surface area (Å²) in [5.74, 6) is 1.41.